The van der Waals surface area contributed by atoms with Crippen LogP contribution in [0.4, 0.5) is 0 Å². The number of nitrogens with zero attached hydrogens (tertiary/aromatic N) is 1. The van der Waals surface area contributed by atoms with Gasteiger partial charge in [0.1, 0.15) is 0 Å². The molecule has 0 spiro atoms. The van der Waals surface area contributed by atoms with Gasteiger partial charge >= 0.3 is 0 Å². The topological polar surface area (TPSA) is 33.1 Å². The summed E-state index contributed by atoms with van der Waals surface area (Å²) < 4.78 is 0. The molecule has 0 aliphatic heterocycles. The Morgan fingerprint density at radius 2 is 1.73 bits per heavy atom. The molecule has 1 aliphatic rings. The first-order valence-electron chi connectivity index (χ1n) is 15.0. The van der Waals surface area contributed by atoms with Gasteiger partial charge in [-0.3, -0.25) is 0 Å². The van der Waals surface area contributed by atoms with E-state index in [2.05, 4.69) is 85.4 Å². The average Bonchev–Trinajstić information content (AvgIpc) is 3.77. The summed E-state index contributed by atoms with van der Waals surface area (Å²) in [5.41, 5.74) is 6.34. The minimum Gasteiger partial charge on any atom is -0.386 e. The lowest BCUT2D eigenvalue weighted by molar-refractivity contribution is 0.0776. The summed E-state index contributed by atoms with van der Waals surface area (Å²) in [6, 6.07) is 27.3. The van der Waals surface area contributed by atoms with Crippen LogP contribution in [-0.2, 0) is 12.0 Å². The molecule has 0 amide bonds. The summed E-state index contributed by atoms with van der Waals surface area (Å²) >= 11 is 8.30. The summed E-state index contributed by atoms with van der Waals surface area (Å²) in [6.45, 7) is 10.1. The van der Waals surface area contributed by atoms with Crippen LogP contribution < -0.4 is 0 Å². The molecule has 5 rings (SSSR count). The fraction of sp³-hybridized carbons (Fsp3) is 0.378. The normalized spacial score (nSPS) is 15.0. The number of hydrogen-bond donors (Lipinski definition) is 1. The summed E-state index contributed by atoms with van der Waals surface area (Å²) in [7, 11) is 0. The molecule has 4 heteroatoms. The zero-order valence-corrected chi connectivity index (χ0v) is 26.7. The van der Waals surface area contributed by atoms with Gasteiger partial charge in [-0.25, -0.2) is 4.98 Å². The Labute approximate surface area is 256 Å². The first-order chi connectivity index (χ1) is 19.7. The van der Waals surface area contributed by atoms with E-state index in [1.54, 1.807) is 0 Å². The second kappa shape index (κ2) is 14.1. The van der Waals surface area contributed by atoms with E-state index in [1.807, 2.05) is 52.0 Å². The van der Waals surface area contributed by atoms with Crippen molar-refractivity contribution in [2.45, 2.75) is 77.6 Å². The van der Waals surface area contributed by atoms with E-state index in [0.29, 0.717) is 15.7 Å². The van der Waals surface area contributed by atoms with E-state index in [4.69, 9.17) is 16.6 Å². The smallest absolute Gasteiger partial charge is 0.0843 e. The molecule has 1 heterocycles. The Bertz CT molecular complexity index is 1470. The largest absolute Gasteiger partial charge is 0.386 e. The molecule has 0 saturated heterocycles. The van der Waals surface area contributed by atoms with Crippen molar-refractivity contribution in [3.8, 4) is 0 Å². The lowest BCUT2D eigenvalue weighted by atomic mass is 9.90. The van der Waals surface area contributed by atoms with Crippen LogP contribution in [-0.4, -0.2) is 15.8 Å². The van der Waals surface area contributed by atoms with Gasteiger partial charge in [0.2, 0.25) is 0 Å². The van der Waals surface area contributed by atoms with Crippen LogP contribution in [0.1, 0.15) is 93.5 Å². The standard InChI is InChI=1S/C35H38ClNOS.C2H6/c1-4-35(20-21-35)24-39-33(19-15-26-9-5-6-11-31(26)34(2,3)38)28-10-7-8-25(22-28)12-17-30-18-14-27-13-16-29(36)23-32(27)37-30;1-2/h5-14,16-18,22-23,33,38H,4,15,19-21,24H2,1-3H3;1-2H3/b17-12+;. The molecule has 2 nitrogen and oxygen atoms in total. The number of thioether (sulfide) groups is 1. The number of aromatic nitrogens is 1. The van der Waals surface area contributed by atoms with Crippen LogP contribution in [0.3, 0.4) is 0 Å². The lowest BCUT2D eigenvalue weighted by Gasteiger charge is -2.24. The third kappa shape index (κ3) is 8.47. The van der Waals surface area contributed by atoms with Crippen molar-refractivity contribution in [1.82, 2.24) is 4.98 Å². The van der Waals surface area contributed by atoms with Crippen molar-refractivity contribution in [1.29, 1.82) is 0 Å². The van der Waals surface area contributed by atoms with E-state index >= 15 is 0 Å². The summed E-state index contributed by atoms with van der Waals surface area (Å²) in [5.74, 6) is 1.21. The molecule has 216 valence electrons. The molecule has 0 bridgehead atoms. The fourth-order valence-electron chi connectivity index (χ4n) is 5.27. The molecule has 1 N–H and O–H groups in total. The van der Waals surface area contributed by atoms with Gasteiger partial charge in [0.25, 0.3) is 0 Å². The van der Waals surface area contributed by atoms with E-state index in [1.165, 1.54) is 41.7 Å². The number of benzene rings is 3. The van der Waals surface area contributed by atoms with Gasteiger partial charge in [-0.2, -0.15) is 11.8 Å². The maximum atomic E-state index is 10.7. The molecule has 4 aromatic rings. The van der Waals surface area contributed by atoms with Crippen molar-refractivity contribution >= 4 is 46.4 Å². The molecule has 1 unspecified atom stereocenters. The number of halogens is 1. The number of pyridine rings is 1. The van der Waals surface area contributed by atoms with Gasteiger partial charge in [-0.15, -0.1) is 0 Å². The van der Waals surface area contributed by atoms with Crippen molar-refractivity contribution in [3.05, 3.63) is 112 Å². The van der Waals surface area contributed by atoms with Gasteiger partial charge < -0.3 is 5.11 Å². The Morgan fingerprint density at radius 3 is 2.46 bits per heavy atom. The predicted octanol–water partition coefficient (Wildman–Crippen LogP) is 10.9. The first kappa shape index (κ1) is 31.3. The minimum absolute atomic E-state index is 0.401. The summed E-state index contributed by atoms with van der Waals surface area (Å²) in [6.07, 6.45) is 10.2. The van der Waals surface area contributed by atoms with E-state index < -0.39 is 5.60 Å². The van der Waals surface area contributed by atoms with Crippen LogP contribution in [0, 0.1) is 5.41 Å². The zero-order chi connectivity index (χ0) is 29.5. The molecule has 3 aromatic carbocycles. The molecule has 41 heavy (non-hydrogen) atoms. The predicted molar refractivity (Wildman–Crippen MR) is 181 cm³/mol. The highest BCUT2D eigenvalue weighted by Gasteiger charge is 2.40. The van der Waals surface area contributed by atoms with Crippen LogP contribution in [0.25, 0.3) is 23.1 Å². The van der Waals surface area contributed by atoms with E-state index in [-0.39, 0.29) is 0 Å². The average molecular weight is 586 g/mol. The highest BCUT2D eigenvalue weighted by Crippen LogP contribution is 2.53. The monoisotopic (exact) mass is 585 g/mol. The van der Waals surface area contributed by atoms with Gasteiger partial charge in [0, 0.05) is 15.7 Å². The Morgan fingerprint density at radius 1 is 0.976 bits per heavy atom. The third-order valence-electron chi connectivity index (χ3n) is 8.05. The maximum Gasteiger partial charge on any atom is 0.0843 e. The highest BCUT2D eigenvalue weighted by molar-refractivity contribution is 7.99. The molecule has 1 fully saturated rings. The van der Waals surface area contributed by atoms with Crippen molar-refractivity contribution in [3.63, 3.8) is 0 Å². The number of hydrogen-bond acceptors (Lipinski definition) is 3. The highest BCUT2D eigenvalue weighted by atomic mass is 35.5. The molecular weight excluding hydrogens is 542 g/mol. The van der Waals surface area contributed by atoms with Crippen LogP contribution >= 0.6 is 23.4 Å². The molecule has 1 atom stereocenters. The van der Waals surface area contributed by atoms with Gasteiger partial charge in [0.05, 0.1) is 16.8 Å². The quantitative estimate of drug-likeness (QED) is 0.190. The molecule has 0 radical (unpaired) electrons. The third-order valence-corrected chi connectivity index (χ3v) is 9.98. The maximum absolute atomic E-state index is 10.7. The summed E-state index contributed by atoms with van der Waals surface area (Å²) in [4.78, 5) is 4.78. The molecule has 1 saturated carbocycles. The number of rotatable bonds is 11. The number of aliphatic hydroxyl groups is 1. The Balaban J connectivity index is 0.00000189. The Kier molecular flexibility index (Phi) is 10.7. The molecule has 1 aliphatic carbocycles. The van der Waals surface area contributed by atoms with Gasteiger partial charge in [-0.05, 0) is 104 Å². The van der Waals surface area contributed by atoms with Crippen molar-refractivity contribution in [2.24, 2.45) is 5.41 Å². The minimum atomic E-state index is -0.841. The SMILES string of the molecule is CC.CCC1(CSC(CCc2ccccc2C(C)(C)O)c2cccc(/C=C/c3ccc4ccc(Cl)cc4n3)c2)CC1. The first-order valence-corrected chi connectivity index (χ1v) is 16.4. The van der Waals surface area contributed by atoms with Crippen molar-refractivity contribution in [2.75, 3.05) is 5.75 Å². The second-order valence-corrected chi connectivity index (χ2v) is 13.1. The lowest BCUT2D eigenvalue weighted by Crippen LogP contribution is -2.18. The molecule has 1 aromatic heterocycles. The van der Waals surface area contributed by atoms with Crippen LogP contribution in [0.15, 0.2) is 78.9 Å². The second-order valence-electron chi connectivity index (χ2n) is 11.5. The van der Waals surface area contributed by atoms with Gasteiger partial charge in [0.15, 0.2) is 0 Å². The van der Waals surface area contributed by atoms with E-state index in [0.717, 1.165) is 35.0 Å². The number of fused-ring (bicyclic) bond motifs is 1. The van der Waals surface area contributed by atoms with Crippen LogP contribution in [0.5, 0.6) is 0 Å². The van der Waals surface area contributed by atoms with Gasteiger partial charge in [-0.1, -0.05) is 99.1 Å². The van der Waals surface area contributed by atoms with Crippen molar-refractivity contribution < 1.29 is 5.11 Å². The zero-order valence-electron chi connectivity index (χ0n) is 25.2. The fourth-order valence-corrected chi connectivity index (χ4v) is 7.10. The summed E-state index contributed by atoms with van der Waals surface area (Å²) in [5, 5.41) is 12.9. The number of aryl methyl sites for hydroxylation is 1. The molecular formula is C37H44ClNOS. The Hall–Kier alpha value is -2.59. The van der Waals surface area contributed by atoms with E-state index in [9.17, 15) is 5.11 Å². The van der Waals surface area contributed by atoms with Crippen LogP contribution in [0.2, 0.25) is 5.02 Å².